The van der Waals surface area contributed by atoms with Crippen LogP contribution in [0.4, 0.5) is 0 Å². The van der Waals surface area contributed by atoms with E-state index >= 15 is 0 Å². The first-order chi connectivity index (χ1) is 12.9. The molecule has 7 heteroatoms. The lowest BCUT2D eigenvalue weighted by Gasteiger charge is -2.34. The molecule has 0 saturated carbocycles. The topological polar surface area (TPSA) is 69.6 Å². The Labute approximate surface area is 162 Å². The number of piperazine rings is 1. The summed E-state index contributed by atoms with van der Waals surface area (Å²) in [6.45, 7) is 13.7. The summed E-state index contributed by atoms with van der Waals surface area (Å²) in [4.78, 5) is 39.8. The molecule has 1 aromatic rings. The van der Waals surface area contributed by atoms with Crippen molar-refractivity contribution in [3.8, 4) is 0 Å². The Morgan fingerprint density at radius 3 is 2.37 bits per heavy atom. The van der Waals surface area contributed by atoms with Gasteiger partial charge in [-0.15, -0.1) is 0 Å². The molecule has 27 heavy (non-hydrogen) atoms. The molecule has 0 bridgehead atoms. The van der Waals surface area contributed by atoms with Crippen LogP contribution in [-0.4, -0.2) is 82.3 Å². The molecule has 1 aromatic heterocycles. The molecule has 0 unspecified atom stereocenters. The fourth-order valence-corrected chi connectivity index (χ4v) is 3.10. The summed E-state index contributed by atoms with van der Waals surface area (Å²) in [7, 11) is 0. The lowest BCUT2D eigenvalue weighted by molar-refractivity contribution is -0.133. The van der Waals surface area contributed by atoms with E-state index in [1.54, 1.807) is 11.1 Å². The van der Waals surface area contributed by atoms with Crippen LogP contribution >= 0.6 is 0 Å². The smallest absolute Gasteiger partial charge is 0.274 e. The fourth-order valence-electron chi connectivity index (χ4n) is 3.10. The molecule has 2 rings (SSSR count). The second-order valence-electron chi connectivity index (χ2n) is 7.58. The molecule has 7 nitrogen and oxygen atoms in total. The molecule has 2 amide bonds. The van der Waals surface area contributed by atoms with E-state index in [4.69, 9.17) is 0 Å². The predicted molar refractivity (Wildman–Crippen MR) is 105 cm³/mol. The summed E-state index contributed by atoms with van der Waals surface area (Å²) in [5, 5.41) is 0. The summed E-state index contributed by atoms with van der Waals surface area (Å²) >= 11 is 0. The molecular weight excluding hydrogens is 342 g/mol. The molecule has 1 aliphatic rings. The number of likely N-dealkylation sites (N-methyl/N-ethyl adjacent to an activating group) is 1. The molecule has 1 aliphatic heterocycles. The van der Waals surface area contributed by atoms with Crippen LogP contribution < -0.4 is 0 Å². The number of amides is 2. The largest absolute Gasteiger partial charge is 0.340 e. The van der Waals surface area contributed by atoms with Crippen molar-refractivity contribution in [3.63, 3.8) is 0 Å². The van der Waals surface area contributed by atoms with Crippen LogP contribution in [-0.2, 0) is 4.79 Å². The molecule has 0 N–H and O–H groups in total. The highest BCUT2D eigenvalue weighted by Crippen LogP contribution is 2.09. The van der Waals surface area contributed by atoms with Gasteiger partial charge in [-0.25, -0.2) is 4.98 Å². The van der Waals surface area contributed by atoms with Gasteiger partial charge < -0.3 is 14.7 Å². The minimum absolute atomic E-state index is 0.128. The predicted octanol–water partition coefficient (Wildman–Crippen LogP) is 1.83. The first-order valence-corrected chi connectivity index (χ1v) is 9.98. The molecule has 0 radical (unpaired) electrons. The van der Waals surface area contributed by atoms with Gasteiger partial charge in [-0.2, -0.15) is 0 Å². The zero-order chi connectivity index (χ0) is 19.8. The summed E-state index contributed by atoms with van der Waals surface area (Å²) in [5.41, 5.74) is 1.12. The van der Waals surface area contributed by atoms with Gasteiger partial charge in [-0.3, -0.25) is 14.6 Å². The van der Waals surface area contributed by atoms with E-state index in [2.05, 4.69) is 35.6 Å². The third-order valence-corrected chi connectivity index (χ3v) is 5.03. The van der Waals surface area contributed by atoms with E-state index in [0.29, 0.717) is 31.1 Å². The normalized spacial score (nSPS) is 15.2. The van der Waals surface area contributed by atoms with Gasteiger partial charge in [0.1, 0.15) is 5.69 Å². The van der Waals surface area contributed by atoms with E-state index in [-0.39, 0.29) is 11.8 Å². The van der Waals surface area contributed by atoms with Crippen LogP contribution in [0, 0.1) is 12.8 Å². The SMILES string of the molecule is CCN1CCN(C(=O)CCN(CCC(C)C)C(=O)c2cnc(C)cn2)CC1. The van der Waals surface area contributed by atoms with Gasteiger partial charge >= 0.3 is 0 Å². The van der Waals surface area contributed by atoms with Crippen molar-refractivity contribution < 1.29 is 9.59 Å². The fraction of sp³-hybridized carbons (Fsp3) is 0.700. The molecule has 1 saturated heterocycles. The number of carbonyl (C=O) groups is 2. The van der Waals surface area contributed by atoms with Crippen molar-refractivity contribution in [2.24, 2.45) is 5.92 Å². The second kappa shape index (κ2) is 10.3. The monoisotopic (exact) mass is 375 g/mol. The zero-order valence-corrected chi connectivity index (χ0v) is 17.1. The lowest BCUT2D eigenvalue weighted by atomic mass is 10.1. The number of hydrogen-bond donors (Lipinski definition) is 0. The molecule has 0 aromatic carbocycles. The Morgan fingerprint density at radius 1 is 1.11 bits per heavy atom. The lowest BCUT2D eigenvalue weighted by Crippen LogP contribution is -2.49. The Hall–Kier alpha value is -2.02. The number of aromatic nitrogens is 2. The van der Waals surface area contributed by atoms with E-state index in [1.807, 2.05) is 11.8 Å². The van der Waals surface area contributed by atoms with Crippen LogP contribution in [0.15, 0.2) is 12.4 Å². The Bertz CT molecular complexity index is 609. The maximum Gasteiger partial charge on any atom is 0.274 e. The molecule has 0 aliphatic carbocycles. The van der Waals surface area contributed by atoms with Gasteiger partial charge in [-0.05, 0) is 25.8 Å². The van der Waals surface area contributed by atoms with Gasteiger partial charge in [0, 0.05) is 51.9 Å². The standard InChI is InChI=1S/C20H33N5O2/c1-5-23-10-12-24(13-11-23)19(26)7-9-25(8-6-16(2)3)20(27)18-15-21-17(4)14-22-18/h14-16H,5-13H2,1-4H3. The highest BCUT2D eigenvalue weighted by molar-refractivity contribution is 5.92. The number of hydrogen-bond acceptors (Lipinski definition) is 5. The summed E-state index contributed by atoms with van der Waals surface area (Å²) in [6, 6.07) is 0. The Balaban J connectivity index is 1.94. The highest BCUT2D eigenvalue weighted by atomic mass is 16.2. The van der Waals surface area contributed by atoms with Gasteiger partial charge in [0.05, 0.1) is 11.9 Å². The molecule has 0 atom stereocenters. The van der Waals surface area contributed by atoms with Crippen LogP contribution in [0.25, 0.3) is 0 Å². The van der Waals surface area contributed by atoms with Crippen molar-refractivity contribution in [2.45, 2.75) is 40.5 Å². The van der Waals surface area contributed by atoms with Crippen molar-refractivity contribution in [2.75, 3.05) is 45.8 Å². The van der Waals surface area contributed by atoms with Crippen molar-refractivity contribution >= 4 is 11.8 Å². The van der Waals surface area contributed by atoms with Crippen LogP contribution in [0.2, 0.25) is 0 Å². The van der Waals surface area contributed by atoms with Crippen LogP contribution in [0.5, 0.6) is 0 Å². The first kappa shape index (κ1) is 21.3. The van der Waals surface area contributed by atoms with Crippen LogP contribution in [0.1, 0.15) is 49.8 Å². The zero-order valence-electron chi connectivity index (χ0n) is 17.1. The van der Waals surface area contributed by atoms with Crippen molar-refractivity contribution in [1.29, 1.82) is 0 Å². The third kappa shape index (κ3) is 6.57. The number of rotatable bonds is 8. The summed E-state index contributed by atoms with van der Waals surface area (Å²) in [5.74, 6) is 0.470. The average Bonchev–Trinajstić information content (AvgIpc) is 2.67. The minimum Gasteiger partial charge on any atom is -0.340 e. The van der Waals surface area contributed by atoms with Gasteiger partial charge in [0.25, 0.3) is 5.91 Å². The van der Waals surface area contributed by atoms with E-state index in [0.717, 1.165) is 44.8 Å². The van der Waals surface area contributed by atoms with E-state index in [1.165, 1.54) is 6.20 Å². The number of carbonyl (C=O) groups excluding carboxylic acids is 2. The maximum atomic E-state index is 12.8. The molecule has 0 spiro atoms. The van der Waals surface area contributed by atoms with Gasteiger partial charge in [-0.1, -0.05) is 20.8 Å². The Kier molecular flexibility index (Phi) is 8.16. The first-order valence-electron chi connectivity index (χ1n) is 9.98. The minimum atomic E-state index is -0.147. The molecular formula is C20H33N5O2. The molecule has 2 heterocycles. The van der Waals surface area contributed by atoms with E-state index < -0.39 is 0 Å². The van der Waals surface area contributed by atoms with Gasteiger partial charge in [0.2, 0.25) is 5.91 Å². The average molecular weight is 376 g/mol. The number of nitrogens with zero attached hydrogens (tertiary/aromatic N) is 5. The van der Waals surface area contributed by atoms with Crippen molar-refractivity contribution in [1.82, 2.24) is 24.7 Å². The Morgan fingerprint density at radius 2 is 1.81 bits per heavy atom. The highest BCUT2D eigenvalue weighted by Gasteiger charge is 2.23. The second-order valence-corrected chi connectivity index (χ2v) is 7.58. The summed E-state index contributed by atoms with van der Waals surface area (Å²) in [6.07, 6.45) is 4.38. The quantitative estimate of drug-likeness (QED) is 0.693. The van der Waals surface area contributed by atoms with Gasteiger partial charge in [0.15, 0.2) is 0 Å². The summed E-state index contributed by atoms with van der Waals surface area (Å²) < 4.78 is 0. The van der Waals surface area contributed by atoms with Crippen LogP contribution in [0.3, 0.4) is 0 Å². The van der Waals surface area contributed by atoms with Crippen molar-refractivity contribution in [3.05, 3.63) is 23.8 Å². The molecule has 1 fully saturated rings. The molecule has 150 valence electrons. The van der Waals surface area contributed by atoms with E-state index in [9.17, 15) is 9.59 Å². The third-order valence-electron chi connectivity index (χ3n) is 5.03. The number of aryl methyl sites for hydroxylation is 1. The maximum absolute atomic E-state index is 12.8.